The number of hydrogen-bond donors (Lipinski definition) is 0. The Labute approximate surface area is 104 Å². The Morgan fingerprint density at radius 2 is 2.21 bits per heavy atom. The summed E-state index contributed by atoms with van der Waals surface area (Å²) in [5, 5.41) is 1.19. The molecule has 0 saturated carbocycles. The number of carbonyl (C=O) groups is 1. The number of carbonyl (C=O) groups excluding carboxylic acids is 1. The van der Waals surface area contributed by atoms with Crippen molar-refractivity contribution in [2.24, 2.45) is 0 Å². The summed E-state index contributed by atoms with van der Waals surface area (Å²) < 4.78 is 5.29. The van der Waals surface area contributed by atoms with Crippen LogP contribution >= 0.6 is 43.5 Å². The van der Waals surface area contributed by atoms with Gasteiger partial charge in [0.05, 0.1) is 12.7 Å². The predicted molar refractivity (Wildman–Crippen MR) is 63.1 cm³/mol. The van der Waals surface area contributed by atoms with Gasteiger partial charge in [-0.15, -0.1) is 0 Å². The van der Waals surface area contributed by atoms with Gasteiger partial charge < -0.3 is 4.74 Å². The van der Waals surface area contributed by atoms with Crippen molar-refractivity contribution in [3.8, 4) is 0 Å². The summed E-state index contributed by atoms with van der Waals surface area (Å²) in [4.78, 5) is 11.3. The van der Waals surface area contributed by atoms with Crippen molar-refractivity contribution in [2.45, 2.75) is 5.33 Å². The first-order valence-electron chi connectivity index (χ1n) is 3.72. The van der Waals surface area contributed by atoms with E-state index in [0.29, 0.717) is 20.4 Å². The lowest BCUT2D eigenvalue weighted by atomic mass is 10.1. The van der Waals surface area contributed by atoms with Crippen molar-refractivity contribution in [1.82, 2.24) is 0 Å². The van der Waals surface area contributed by atoms with Gasteiger partial charge in [0.25, 0.3) is 0 Å². The lowest BCUT2D eigenvalue weighted by Crippen LogP contribution is -2.02. The van der Waals surface area contributed by atoms with Gasteiger partial charge in [0.2, 0.25) is 0 Å². The summed E-state index contributed by atoms with van der Waals surface area (Å²) in [6, 6.07) is 3.39. The molecule has 0 fully saturated rings. The summed E-state index contributed by atoms with van der Waals surface area (Å²) in [5.41, 5.74) is 1.35. The topological polar surface area (TPSA) is 26.3 Å². The molecule has 1 rings (SSSR count). The van der Waals surface area contributed by atoms with Gasteiger partial charge in [-0.05, 0) is 33.6 Å². The quantitative estimate of drug-likeness (QED) is 0.604. The van der Waals surface area contributed by atoms with Gasteiger partial charge in [0, 0.05) is 14.8 Å². The molecule has 0 saturated heterocycles. The van der Waals surface area contributed by atoms with E-state index in [0.717, 1.165) is 5.56 Å². The molecule has 5 heteroatoms. The van der Waals surface area contributed by atoms with Crippen LogP contribution in [0.4, 0.5) is 0 Å². The summed E-state index contributed by atoms with van der Waals surface area (Å²) in [6.07, 6.45) is 0. The van der Waals surface area contributed by atoms with Gasteiger partial charge in [-0.2, -0.15) is 0 Å². The summed E-state index contributed by atoms with van der Waals surface area (Å²) in [7, 11) is 1.33. The molecule has 76 valence electrons. The van der Waals surface area contributed by atoms with Gasteiger partial charge >= 0.3 is 5.97 Å². The van der Waals surface area contributed by atoms with E-state index in [1.165, 1.54) is 7.11 Å². The van der Waals surface area contributed by atoms with Gasteiger partial charge in [0.1, 0.15) is 0 Å². The molecule has 0 radical (unpaired) electrons. The molecule has 0 spiro atoms. The predicted octanol–water partition coefficient (Wildman–Crippen LogP) is 3.78. The first kappa shape index (κ1) is 12.0. The molecule has 14 heavy (non-hydrogen) atoms. The largest absolute Gasteiger partial charge is 0.465 e. The molecule has 1 aromatic rings. The fourth-order valence-electron chi connectivity index (χ4n) is 0.957. The molecule has 0 aliphatic rings. The second kappa shape index (κ2) is 5.14. The number of ether oxygens (including phenoxy) is 1. The molecule has 0 aliphatic heterocycles. The van der Waals surface area contributed by atoms with Gasteiger partial charge in [-0.25, -0.2) is 4.79 Å². The maximum Gasteiger partial charge on any atom is 0.339 e. The number of alkyl halides is 1. The molecule has 1 aromatic carbocycles. The van der Waals surface area contributed by atoms with Gasteiger partial charge in [-0.3, -0.25) is 0 Å². The van der Waals surface area contributed by atoms with E-state index in [1.807, 2.05) is 0 Å². The zero-order chi connectivity index (χ0) is 10.7. The fraction of sp³-hybridized carbons (Fsp3) is 0.222. The molecular weight excluding hydrogens is 335 g/mol. The third-order valence-electron chi connectivity index (χ3n) is 1.69. The molecule has 0 heterocycles. The third-order valence-corrected chi connectivity index (χ3v) is 3.30. The summed E-state index contributed by atoms with van der Waals surface area (Å²) in [5.74, 6) is -0.403. The number of hydrogen-bond acceptors (Lipinski definition) is 2. The van der Waals surface area contributed by atoms with Crippen molar-refractivity contribution in [2.75, 3.05) is 7.11 Å². The number of benzene rings is 1. The van der Waals surface area contributed by atoms with E-state index in [-0.39, 0.29) is 0 Å². The van der Waals surface area contributed by atoms with Gasteiger partial charge in [0.15, 0.2) is 0 Å². The maximum atomic E-state index is 11.3. The highest BCUT2D eigenvalue weighted by Crippen LogP contribution is 2.27. The van der Waals surface area contributed by atoms with Crippen molar-refractivity contribution in [3.05, 3.63) is 32.8 Å². The Morgan fingerprint density at radius 1 is 1.57 bits per heavy atom. The fourth-order valence-corrected chi connectivity index (χ4v) is 2.37. The lowest BCUT2D eigenvalue weighted by molar-refractivity contribution is 0.0599. The van der Waals surface area contributed by atoms with E-state index in [9.17, 15) is 4.79 Å². The average Bonchev–Trinajstić information content (AvgIpc) is 2.19. The van der Waals surface area contributed by atoms with Gasteiger partial charge in [-0.1, -0.05) is 27.5 Å². The highest BCUT2D eigenvalue weighted by Gasteiger charge is 2.13. The maximum absolute atomic E-state index is 11.3. The third kappa shape index (κ3) is 2.49. The standard InChI is InChI=1S/C9H7Br2ClO2/c1-14-9(13)6-3-8(12)5(4-10)2-7(6)11/h2-3H,4H2,1H3. The molecule has 2 nitrogen and oxygen atoms in total. The van der Waals surface area contributed by atoms with Crippen LogP contribution in [0.2, 0.25) is 5.02 Å². The number of methoxy groups -OCH3 is 1. The highest BCUT2D eigenvalue weighted by atomic mass is 79.9. The Morgan fingerprint density at radius 3 is 2.71 bits per heavy atom. The number of esters is 1. The normalized spacial score (nSPS) is 10.0. The molecular formula is C9H7Br2ClO2. The van der Waals surface area contributed by atoms with Crippen LogP contribution < -0.4 is 0 Å². The monoisotopic (exact) mass is 340 g/mol. The smallest absolute Gasteiger partial charge is 0.339 e. The molecule has 0 amide bonds. The lowest BCUT2D eigenvalue weighted by Gasteiger charge is -2.06. The number of halogens is 3. The van der Waals surface area contributed by atoms with Crippen LogP contribution in [0, 0.1) is 0 Å². The first-order chi connectivity index (χ1) is 6.60. The van der Waals surface area contributed by atoms with Crippen LogP contribution in [0.3, 0.4) is 0 Å². The van der Waals surface area contributed by atoms with Crippen LogP contribution in [0.1, 0.15) is 15.9 Å². The minimum atomic E-state index is -0.403. The van der Waals surface area contributed by atoms with Crippen molar-refractivity contribution in [3.63, 3.8) is 0 Å². The summed E-state index contributed by atoms with van der Waals surface area (Å²) >= 11 is 12.5. The average molecular weight is 342 g/mol. The van der Waals surface area contributed by atoms with E-state index < -0.39 is 5.97 Å². The molecule has 0 N–H and O–H groups in total. The Bertz CT molecular complexity index is 366. The van der Waals surface area contributed by atoms with Crippen LogP contribution in [0.25, 0.3) is 0 Å². The van der Waals surface area contributed by atoms with E-state index >= 15 is 0 Å². The highest BCUT2D eigenvalue weighted by molar-refractivity contribution is 9.10. The van der Waals surface area contributed by atoms with Crippen molar-refractivity contribution >= 4 is 49.4 Å². The van der Waals surface area contributed by atoms with Crippen molar-refractivity contribution in [1.29, 1.82) is 0 Å². The first-order valence-corrected chi connectivity index (χ1v) is 6.01. The molecule has 0 aliphatic carbocycles. The second-order valence-electron chi connectivity index (χ2n) is 2.55. The van der Waals surface area contributed by atoms with E-state index in [1.54, 1.807) is 12.1 Å². The van der Waals surface area contributed by atoms with E-state index in [4.69, 9.17) is 11.6 Å². The number of rotatable bonds is 2. The molecule has 0 unspecified atom stereocenters. The SMILES string of the molecule is COC(=O)c1cc(Cl)c(CBr)cc1Br. The minimum Gasteiger partial charge on any atom is -0.465 e. The second-order valence-corrected chi connectivity index (χ2v) is 4.37. The zero-order valence-corrected chi connectivity index (χ0v) is 11.2. The van der Waals surface area contributed by atoms with E-state index in [2.05, 4.69) is 36.6 Å². The molecule has 0 aromatic heterocycles. The van der Waals surface area contributed by atoms with Crippen LogP contribution in [0.15, 0.2) is 16.6 Å². The summed E-state index contributed by atoms with van der Waals surface area (Å²) in [6.45, 7) is 0. The molecule has 0 atom stereocenters. The van der Waals surface area contributed by atoms with Crippen LogP contribution in [-0.2, 0) is 10.1 Å². The van der Waals surface area contributed by atoms with Crippen LogP contribution in [-0.4, -0.2) is 13.1 Å². The van der Waals surface area contributed by atoms with Crippen LogP contribution in [0.5, 0.6) is 0 Å². The Hall–Kier alpha value is -0.0600. The van der Waals surface area contributed by atoms with Crippen molar-refractivity contribution < 1.29 is 9.53 Å². The molecule has 0 bridgehead atoms. The Kier molecular flexibility index (Phi) is 4.41. The Balaban J connectivity index is 3.21. The zero-order valence-electron chi connectivity index (χ0n) is 7.31. The minimum absolute atomic E-state index is 0.403.